The molecule has 0 unspecified atom stereocenters. The zero-order valence-corrected chi connectivity index (χ0v) is 12.8. The summed E-state index contributed by atoms with van der Waals surface area (Å²) in [5.41, 5.74) is 3.31. The van der Waals surface area contributed by atoms with Gasteiger partial charge in [0.2, 0.25) is 0 Å². The highest BCUT2D eigenvalue weighted by atomic mass is 79.9. The van der Waals surface area contributed by atoms with Crippen molar-refractivity contribution in [2.24, 2.45) is 0 Å². The Bertz CT molecular complexity index is 943. The van der Waals surface area contributed by atoms with Crippen molar-refractivity contribution < 1.29 is 0 Å². The van der Waals surface area contributed by atoms with E-state index in [0.29, 0.717) is 0 Å². The van der Waals surface area contributed by atoms with Gasteiger partial charge in [0.1, 0.15) is 4.60 Å². The molecule has 2 heterocycles. The van der Waals surface area contributed by atoms with Gasteiger partial charge in [-0.15, -0.1) is 0 Å². The number of halogens is 1. The number of aromatic nitrogens is 3. The predicted molar refractivity (Wildman–Crippen MR) is 87.4 cm³/mol. The minimum absolute atomic E-state index is 0.813. The highest BCUT2D eigenvalue weighted by molar-refractivity contribution is 9.10. The van der Waals surface area contributed by atoms with Gasteiger partial charge in [0.15, 0.2) is 5.65 Å². The van der Waals surface area contributed by atoms with Crippen LogP contribution in [0.3, 0.4) is 0 Å². The van der Waals surface area contributed by atoms with Crippen molar-refractivity contribution in [3.05, 3.63) is 76.9 Å². The quantitative estimate of drug-likeness (QED) is 0.547. The minimum atomic E-state index is 0.813. The summed E-state index contributed by atoms with van der Waals surface area (Å²) in [6.45, 7) is 0. The summed E-state index contributed by atoms with van der Waals surface area (Å²) in [5.74, 6) is 0. The number of benzene rings is 2. The maximum absolute atomic E-state index is 4.40. The summed E-state index contributed by atoms with van der Waals surface area (Å²) in [6.07, 6.45) is 6.49. The van der Waals surface area contributed by atoms with Gasteiger partial charge in [-0.1, -0.05) is 42.5 Å². The largest absolute Gasteiger partial charge is 0.300 e. The van der Waals surface area contributed by atoms with E-state index in [2.05, 4.69) is 72.8 Å². The van der Waals surface area contributed by atoms with Crippen LogP contribution in [-0.2, 0) is 6.42 Å². The first-order valence-electron chi connectivity index (χ1n) is 6.75. The standard InChI is InChI=1S/C17H12BrN3/c18-16-11-21-15(9-20-17(21)10-19-16)8-12-5-6-13-3-1-2-4-14(13)7-12/h1-7,9-11H,8H2. The molecule has 0 atom stereocenters. The Morgan fingerprint density at radius 2 is 1.81 bits per heavy atom. The summed E-state index contributed by atoms with van der Waals surface area (Å²) in [7, 11) is 0. The van der Waals surface area contributed by atoms with E-state index >= 15 is 0 Å². The molecule has 3 nitrogen and oxygen atoms in total. The second-order valence-corrected chi connectivity index (χ2v) is 5.86. The molecule has 4 heteroatoms. The molecular formula is C17H12BrN3. The lowest BCUT2D eigenvalue weighted by Crippen LogP contribution is -1.95. The molecule has 0 bridgehead atoms. The van der Waals surface area contributed by atoms with Crippen molar-refractivity contribution >= 4 is 32.3 Å². The molecule has 0 aliphatic carbocycles. The average Bonchev–Trinajstić information content (AvgIpc) is 2.89. The lowest BCUT2D eigenvalue weighted by molar-refractivity contribution is 1.00. The maximum atomic E-state index is 4.40. The number of nitrogens with zero attached hydrogens (tertiary/aromatic N) is 3. The Balaban J connectivity index is 1.77. The molecule has 0 spiro atoms. The second-order valence-electron chi connectivity index (χ2n) is 5.05. The van der Waals surface area contributed by atoms with Gasteiger partial charge >= 0.3 is 0 Å². The minimum Gasteiger partial charge on any atom is -0.300 e. The SMILES string of the molecule is Brc1cn2c(Cc3ccc4ccccc4c3)cnc2cn1. The Morgan fingerprint density at radius 1 is 0.952 bits per heavy atom. The summed E-state index contributed by atoms with van der Waals surface area (Å²) >= 11 is 3.41. The van der Waals surface area contributed by atoms with E-state index in [1.54, 1.807) is 6.20 Å². The van der Waals surface area contributed by atoms with Crippen LogP contribution in [0, 0.1) is 0 Å². The summed E-state index contributed by atoms with van der Waals surface area (Å²) < 4.78 is 2.89. The molecule has 0 radical (unpaired) electrons. The zero-order chi connectivity index (χ0) is 14.2. The number of rotatable bonds is 2. The third-order valence-electron chi connectivity index (χ3n) is 3.64. The van der Waals surface area contributed by atoms with Crippen LogP contribution in [-0.4, -0.2) is 14.4 Å². The number of imidazole rings is 1. The molecule has 2 aromatic heterocycles. The molecule has 0 fully saturated rings. The summed E-state index contributed by atoms with van der Waals surface area (Å²) in [6, 6.07) is 15.0. The van der Waals surface area contributed by atoms with Gasteiger partial charge in [-0.25, -0.2) is 9.97 Å². The molecule has 0 N–H and O–H groups in total. The van der Waals surface area contributed by atoms with E-state index < -0.39 is 0 Å². The average molecular weight is 338 g/mol. The summed E-state index contributed by atoms with van der Waals surface area (Å²) in [5, 5.41) is 2.54. The predicted octanol–water partition coefficient (Wildman–Crippen LogP) is 4.24. The van der Waals surface area contributed by atoms with E-state index in [-0.39, 0.29) is 0 Å². The normalized spacial score (nSPS) is 11.3. The van der Waals surface area contributed by atoms with Crippen LogP contribution in [0.2, 0.25) is 0 Å². The van der Waals surface area contributed by atoms with Crippen molar-refractivity contribution in [2.45, 2.75) is 6.42 Å². The third kappa shape index (κ3) is 2.32. The first-order valence-corrected chi connectivity index (χ1v) is 7.54. The maximum Gasteiger partial charge on any atom is 0.155 e. The lowest BCUT2D eigenvalue weighted by Gasteiger charge is -2.04. The van der Waals surface area contributed by atoms with E-state index in [1.807, 2.05) is 12.4 Å². The van der Waals surface area contributed by atoms with Crippen LogP contribution in [0.5, 0.6) is 0 Å². The Labute approximate surface area is 130 Å². The third-order valence-corrected chi connectivity index (χ3v) is 4.05. The first-order chi connectivity index (χ1) is 10.3. The number of hydrogen-bond donors (Lipinski definition) is 0. The van der Waals surface area contributed by atoms with Gasteiger partial charge < -0.3 is 0 Å². The Kier molecular flexibility index (Phi) is 2.97. The molecule has 21 heavy (non-hydrogen) atoms. The van der Waals surface area contributed by atoms with E-state index in [0.717, 1.165) is 22.4 Å². The summed E-state index contributed by atoms with van der Waals surface area (Å²) in [4.78, 5) is 8.60. The van der Waals surface area contributed by atoms with Crippen molar-refractivity contribution in [3.63, 3.8) is 0 Å². The van der Waals surface area contributed by atoms with Gasteiger partial charge in [0, 0.05) is 24.5 Å². The topological polar surface area (TPSA) is 30.2 Å². The Morgan fingerprint density at radius 3 is 2.71 bits per heavy atom. The van der Waals surface area contributed by atoms with Crippen LogP contribution >= 0.6 is 15.9 Å². The highest BCUT2D eigenvalue weighted by Crippen LogP contribution is 2.19. The van der Waals surface area contributed by atoms with Crippen LogP contribution in [0.4, 0.5) is 0 Å². The van der Waals surface area contributed by atoms with Gasteiger partial charge in [-0.3, -0.25) is 4.40 Å². The van der Waals surface area contributed by atoms with E-state index in [4.69, 9.17) is 0 Å². The van der Waals surface area contributed by atoms with E-state index in [9.17, 15) is 0 Å². The van der Waals surface area contributed by atoms with Gasteiger partial charge in [-0.2, -0.15) is 0 Å². The molecular weight excluding hydrogens is 326 g/mol. The second kappa shape index (κ2) is 4.97. The molecule has 0 aliphatic heterocycles. The van der Waals surface area contributed by atoms with Crippen molar-refractivity contribution in [3.8, 4) is 0 Å². The molecule has 102 valence electrons. The number of hydrogen-bond acceptors (Lipinski definition) is 2. The lowest BCUT2D eigenvalue weighted by atomic mass is 10.0. The number of fused-ring (bicyclic) bond motifs is 2. The fourth-order valence-corrected chi connectivity index (χ4v) is 2.91. The zero-order valence-electron chi connectivity index (χ0n) is 11.2. The van der Waals surface area contributed by atoms with Crippen molar-refractivity contribution in [2.75, 3.05) is 0 Å². The first kappa shape index (κ1) is 12.5. The highest BCUT2D eigenvalue weighted by Gasteiger charge is 2.06. The van der Waals surface area contributed by atoms with Crippen LogP contribution in [0.25, 0.3) is 16.4 Å². The fraction of sp³-hybridized carbons (Fsp3) is 0.0588. The van der Waals surface area contributed by atoms with Crippen LogP contribution in [0.1, 0.15) is 11.3 Å². The molecule has 0 aliphatic rings. The van der Waals surface area contributed by atoms with E-state index in [1.165, 1.54) is 16.3 Å². The van der Waals surface area contributed by atoms with Crippen molar-refractivity contribution in [1.29, 1.82) is 0 Å². The van der Waals surface area contributed by atoms with Gasteiger partial charge in [0.25, 0.3) is 0 Å². The molecule has 2 aromatic carbocycles. The molecule has 4 aromatic rings. The Hall–Kier alpha value is -2.20. The molecule has 0 saturated carbocycles. The molecule has 4 rings (SSSR count). The smallest absolute Gasteiger partial charge is 0.155 e. The van der Waals surface area contributed by atoms with Crippen LogP contribution < -0.4 is 0 Å². The van der Waals surface area contributed by atoms with Gasteiger partial charge in [0.05, 0.1) is 6.20 Å². The molecule has 0 amide bonds. The van der Waals surface area contributed by atoms with Crippen molar-refractivity contribution in [1.82, 2.24) is 14.4 Å². The fourth-order valence-electron chi connectivity index (χ4n) is 2.60. The van der Waals surface area contributed by atoms with Gasteiger partial charge in [-0.05, 0) is 32.3 Å². The molecule has 0 saturated heterocycles. The van der Waals surface area contributed by atoms with Crippen LogP contribution in [0.15, 0.2) is 65.7 Å². The monoisotopic (exact) mass is 337 g/mol.